The van der Waals surface area contributed by atoms with E-state index in [1.807, 2.05) is 52.0 Å². The van der Waals surface area contributed by atoms with E-state index in [0.717, 1.165) is 5.56 Å². The van der Waals surface area contributed by atoms with E-state index in [9.17, 15) is 5.11 Å². The van der Waals surface area contributed by atoms with Crippen LogP contribution < -0.4 is 0 Å². The second kappa shape index (κ2) is 3.98. The predicted octanol–water partition coefficient (Wildman–Crippen LogP) is 3.34. The molecule has 3 nitrogen and oxygen atoms in total. The van der Waals surface area contributed by atoms with E-state index in [0.29, 0.717) is 18.2 Å². The summed E-state index contributed by atoms with van der Waals surface area (Å²) in [5.41, 5.74) is -1.28. The van der Waals surface area contributed by atoms with Crippen molar-refractivity contribution in [2.24, 2.45) is 10.8 Å². The normalized spacial score (nSPS) is 28.3. The molecule has 1 aromatic carbocycles. The third-order valence-corrected chi connectivity index (χ3v) is 5.66. The van der Waals surface area contributed by atoms with Gasteiger partial charge in [-0.2, -0.15) is 0 Å². The second-order valence-corrected chi connectivity index (χ2v) is 7.22. The van der Waals surface area contributed by atoms with Gasteiger partial charge < -0.3 is 14.6 Å². The van der Waals surface area contributed by atoms with Gasteiger partial charge in [0.15, 0.2) is 5.79 Å². The zero-order valence-electron chi connectivity index (χ0n) is 12.4. The Kier molecular flexibility index (Phi) is 2.85. The molecule has 0 bridgehead atoms. The van der Waals surface area contributed by atoms with Gasteiger partial charge >= 0.3 is 0 Å². The number of hydrogen-bond acceptors (Lipinski definition) is 3. The molecule has 0 radical (unpaired) electrons. The van der Waals surface area contributed by atoms with E-state index >= 15 is 0 Å². The van der Waals surface area contributed by atoms with Crippen LogP contribution in [0.3, 0.4) is 0 Å². The Morgan fingerprint density at radius 1 is 0.950 bits per heavy atom. The van der Waals surface area contributed by atoms with E-state index in [1.54, 1.807) is 0 Å². The quantitative estimate of drug-likeness (QED) is 0.864. The molecule has 0 unspecified atom stereocenters. The summed E-state index contributed by atoms with van der Waals surface area (Å²) in [6.45, 7) is 9.14. The molecule has 110 valence electrons. The van der Waals surface area contributed by atoms with Crippen molar-refractivity contribution in [1.29, 1.82) is 0 Å². The van der Waals surface area contributed by atoms with E-state index in [2.05, 4.69) is 0 Å². The summed E-state index contributed by atoms with van der Waals surface area (Å²) in [5, 5.41) is 12.1. The lowest BCUT2D eigenvalue weighted by atomic mass is 9.38. The first-order valence-electron chi connectivity index (χ1n) is 6.97. The van der Waals surface area contributed by atoms with Gasteiger partial charge in [0.2, 0.25) is 0 Å². The van der Waals surface area contributed by atoms with Crippen molar-refractivity contribution in [3.63, 3.8) is 0 Å². The van der Waals surface area contributed by atoms with Gasteiger partial charge in [-0.1, -0.05) is 51.4 Å². The Bertz CT molecular complexity index is 509. The minimum Gasteiger partial charge on any atom is -0.384 e. The summed E-state index contributed by atoms with van der Waals surface area (Å²) in [6.07, 6.45) is 0. The van der Waals surface area contributed by atoms with Crippen molar-refractivity contribution < 1.29 is 14.6 Å². The molecule has 1 aliphatic carbocycles. The highest BCUT2D eigenvalue weighted by atomic mass is 35.5. The second-order valence-electron chi connectivity index (χ2n) is 6.78. The van der Waals surface area contributed by atoms with Crippen LogP contribution in [0.2, 0.25) is 5.02 Å². The van der Waals surface area contributed by atoms with Gasteiger partial charge in [-0.25, -0.2) is 0 Å². The molecule has 1 saturated carbocycles. The molecule has 0 atom stereocenters. The fourth-order valence-corrected chi connectivity index (χ4v) is 4.65. The number of aliphatic hydroxyl groups is 1. The average Bonchev–Trinajstić information content (AvgIpc) is 2.90. The van der Waals surface area contributed by atoms with E-state index in [-0.39, 0.29) is 0 Å². The molecular formula is C16H21ClO3. The standard InChI is InChI=1S/C16H21ClO3/c1-13(2)15(18,11-5-7-12(17)8-6-11)14(3,4)16(13)19-9-10-20-16/h5-8,18H,9-10H2,1-4H3. The minimum absolute atomic E-state index is 0.548. The molecule has 1 saturated heterocycles. The Labute approximate surface area is 124 Å². The Morgan fingerprint density at radius 3 is 1.85 bits per heavy atom. The largest absolute Gasteiger partial charge is 0.384 e. The smallest absolute Gasteiger partial charge is 0.184 e. The van der Waals surface area contributed by atoms with Gasteiger partial charge in [0.1, 0.15) is 5.60 Å². The molecule has 20 heavy (non-hydrogen) atoms. The third-order valence-electron chi connectivity index (χ3n) is 5.41. The zero-order valence-corrected chi connectivity index (χ0v) is 13.1. The number of benzene rings is 1. The lowest BCUT2D eigenvalue weighted by molar-refractivity contribution is -0.457. The molecule has 1 heterocycles. The van der Waals surface area contributed by atoms with E-state index < -0.39 is 22.2 Å². The lowest BCUT2D eigenvalue weighted by Gasteiger charge is -2.73. The Hall–Kier alpha value is -0.610. The first-order chi connectivity index (χ1) is 9.21. The van der Waals surface area contributed by atoms with Gasteiger partial charge in [-0.3, -0.25) is 0 Å². The maximum Gasteiger partial charge on any atom is 0.184 e. The summed E-state index contributed by atoms with van der Waals surface area (Å²) in [4.78, 5) is 0. The molecule has 2 fully saturated rings. The monoisotopic (exact) mass is 296 g/mol. The fraction of sp³-hybridized carbons (Fsp3) is 0.625. The SMILES string of the molecule is CC1(C)C2(OCCO2)C(C)(C)C1(O)c1ccc(Cl)cc1. The number of rotatable bonds is 1. The van der Waals surface area contributed by atoms with Crippen molar-refractivity contribution in [1.82, 2.24) is 0 Å². The van der Waals surface area contributed by atoms with Crippen LogP contribution in [0.25, 0.3) is 0 Å². The van der Waals surface area contributed by atoms with Crippen LogP contribution in [-0.2, 0) is 15.1 Å². The first kappa shape index (κ1) is 14.3. The number of hydrogen-bond donors (Lipinski definition) is 1. The summed E-state index contributed by atoms with van der Waals surface area (Å²) in [6, 6.07) is 7.38. The van der Waals surface area contributed by atoms with Crippen molar-refractivity contribution in [3.8, 4) is 0 Å². The van der Waals surface area contributed by atoms with Crippen LogP contribution >= 0.6 is 11.6 Å². The van der Waals surface area contributed by atoms with Crippen LogP contribution in [0.1, 0.15) is 33.3 Å². The van der Waals surface area contributed by atoms with Crippen LogP contribution in [-0.4, -0.2) is 24.1 Å². The van der Waals surface area contributed by atoms with E-state index in [4.69, 9.17) is 21.1 Å². The van der Waals surface area contributed by atoms with Crippen LogP contribution in [0.5, 0.6) is 0 Å². The maximum atomic E-state index is 11.5. The molecular weight excluding hydrogens is 276 g/mol. The molecule has 4 heteroatoms. The minimum atomic E-state index is -1.03. The van der Waals surface area contributed by atoms with Gasteiger partial charge in [-0.15, -0.1) is 0 Å². The van der Waals surface area contributed by atoms with Gasteiger partial charge in [0, 0.05) is 5.02 Å². The molecule has 1 aliphatic heterocycles. The molecule has 2 aliphatic rings. The first-order valence-corrected chi connectivity index (χ1v) is 7.35. The highest BCUT2D eigenvalue weighted by molar-refractivity contribution is 6.30. The van der Waals surface area contributed by atoms with Crippen LogP contribution in [0, 0.1) is 10.8 Å². The maximum absolute atomic E-state index is 11.5. The molecule has 1 N–H and O–H groups in total. The summed E-state index contributed by atoms with van der Waals surface area (Å²) >= 11 is 5.95. The molecule has 0 aromatic heterocycles. The fourth-order valence-electron chi connectivity index (χ4n) is 4.52. The topological polar surface area (TPSA) is 38.7 Å². The predicted molar refractivity (Wildman–Crippen MR) is 77.5 cm³/mol. The van der Waals surface area contributed by atoms with Gasteiger partial charge in [0.05, 0.1) is 24.0 Å². The van der Waals surface area contributed by atoms with Crippen LogP contribution in [0.4, 0.5) is 0 Å². The summed E-state index contributed by atoms with van der Waals surface area (Å²) in [5.74, 6) is -0.742. The number of halogens is 1. The average molecular weight is 297 g/mol. The molecule has 3 rings (SSSR count). The lowest BCUT2D eigenvalue weighted by Crippen LogP contribution is -2.82. The molecule has 0 amide bonds. The zero-order chi connectivity index (χ0) is 14.8. The third kappa shape index (κ3) is 1.28. The number of ether oxygens (including phenoxy) is 2. The van der Waals surface area contributed by atoms with Crippen molar-refractivity contribution >= 4 is 11.6 Å². The molecule has 1 spiro atoms. The van der Waals surface area contributed by atoms with Crippen molar-refractivity contribution in [2.75, 3.05) is 13.2 Å². The summed E-state index contributed by atoms with van der Waals surface area (Å²) < 4.78 is 11.9. The molecule has 1 aromatic rings. The highest BCUT2D eigenvalue weighted by Crippen LogP contribution is 2.75. The van der Waals surface area contributed by atoms with Crippen molar-refractivity contribution in [3.05, 3.63) is 34.9 Å². The Morgan fingerprint density at radius 2 is 1.40 bits per heavy atom. The highest BCUT2D eigenvalue weighted by Gasteiger charge is 2.83. The van der Waals surface area contributed by atoms with Gasteiger partial charge in [-0.05, 0) is 17.7 Å². The Balaban J connectivity index is 2.12. The van der Waals surface area contributed by atoms with E-state index in [1.165, 1.54) is 0 Å². The van der Waals surface area contributed by atoms with Gasteiger partial charge in [0.25, 0.3) is 0 Å². The summed E-state index contributed by atoms with van der Waals surface area (Å²) in [7, 11) is 0. The van der Waals surface area contributed by atoms with Crippen LogP contribution in [0.15, 0.2) is 24.3 Å². The van der Waals surface area contributed by atoms with Crippen molar-refractivity contribution in [2.45, 2.75) is 39.1 Å².